The number of carbonyl (C=O) groups is 1. The van der Waals surface area contributed by atoms with Gasteiger partial charge in [-0.3, -0.25) is 4.79 Å². The van der Waals surface area contributed by atoms with E-state index in [4.69, 9.17) is 23.2 Å². The second kappa shape index (κ2) is 5.55. The third kappa shape index (κ3) is 3.03. The second-order valence-corrected chi connectivity index (χ2v) is 4.59. The van der Waals surface area contributed by atoms with E-state index in [1.54, 1.807) is 19.1 Å². The molecule has 0 aliphatic carbocycles. The van der Waals surface area contributed by atoms with Crippen molar-refractivity contribution >= 4 is 34.8 Å². The molecule has 0 aliphatic rings. The van der Waals surface area contributed by atoms with Crippen LogP contribution >= 0.6 is 23.2 Å². The molecule has 0 unspecified atom stereocenters. The second-order valence-electron chi connectivity index (χ2n) is 3.82. The molecule has 0 saturated heterocycles. The molecule has 1 N–H and O–H groups in total. The summed E-state index contributed by atoms with van der Waals surface area (Å²) in [5.74, 6) is -1.14. The summed E-state index contributed by atoms with van der Waals surface area (Å²) in [4.78, 5) is 16.0. The third-order valence-corrected chi connectivity index (χ3v) is 3.09. The molecule has 6 heteroatoms. The van der Waals surface area contributed by atoms with Gasteiger partial charge in [0.25, 0.3) is 5.91 Å². The summed E-state index contributed by atoms with van der Waals surface area (Å²) in [6.07, 6.45) is 0. The van der Waals surface area contributed by atoms with Crippen LogP contribution in [0.2, 0.25) is 10.2 Å². The maximum atomic E-state index is 13.3. The molecular formula is C13H9Cl2FN2O. The van der Waals surface area contributed by atoms with Crippen LogP contribution in [0.25, 0.3) is 0 Å². The van der Waals surface area contributed by atoms with Crippen LogP contribution in [0.4, 0.5) is 10.1 Å². The number of rotatable bonds is 2. The molecule has 2 rings (SSSR count). The van der Waals surface area contributed by atoms with E-state index in [2.05, 4.69) is 10.3 Å². The van der Waals surface area contributed by atoms with Crippen LogP contribution in [-0.4, -0.2) is 10.9 Å². The van der Waals surface area contributed by atoms with Crippen molar-refractivity contribution in [3.8, 4) is 0 Å². The van der Waals surface area contributed by atoms with E-state index in [0.29, 0.717) is 16.5 Å². The lowest BCUT2D eigenvalue weighted by Gasteiger charge is -2.09. The first-order valence-electron chi connectivity index (χ1n) is 5.37. The molecule has 0 spiro atoms. The Morgan fingerprint density at radius 1 is 1.26 bits per heavy atom. The highest BCUT2D eigenvalue weighted by molar-refractivity contribution is 6.34. The molecule has 0 saturated carbocycles. The molecule has 0 fully saturated rings. The molecular weight excluding hydrogens is 290 g/mol. The SMILES string of the molecule is Cc1nc(Cl)ccc1NC(=O)c1cccc(F)c1Cl. The van der Waals surface area contributed by atoms with Gasteiger partial charge in [-0.1, -0.05) is 29.3 Å². The van der Waals surface area contributed by atoms with Gasteiger partial charge in [-0.05, 0) is 31.2 Å². The number of aromatic nitrogens is 1. The summed E-state index contributed by atoms with van der Waals surface area (Å²) >= 11 is 11.5. The first-order valence-corrected chi connectivity index (χ1v) is 6.13. The minimum Gasteiger partial charge on any atom is -0.320 e. The smallest absolute Gasteiger partial charge is 0.257 e. The van der Waals surface area contributed by atoms with Crippen molar-refractivity contribution in [3.05, 3.63) is 57.6 Å². The number of nitrogens with zero attached hydrogens (tertiary/aromatic N) is 1. The van der Waals surface area contributed by atoms with Gasteiger partial charge >= 0.3 is 0 Å². The van der Waals surface area contributed by atoms with Crippen molar-refractivity contribution in [2.75, 3.05) is 5.32 Å². The van der Waals surface area contributed by atoms with Gasteiger partial charge in [0.15, 0.2) is 0 Å². The van der Waals surface area contributed by atoms with Crippen LogP contribution in [-0.2, 0) is 0 Å². The molecule has 19 heavy (non-hydrogen) atoms. The Hall–Kier alpha value is -1.65. The van der Waals surface area contributed by atoms with Gasteiger partial charge in [-0.25, -0.2) is 9.37 Å². The summed E-state index contributed by atoms with van der Waals surface area (Å²) in [5, 5.41) is 2.73. The van der Waals surface area contributed by atoms with Crippen LogP contribution in [0.5, 0.6) is 0 Å². The summed E-state index contributed by atoms with van der Waals surface area (Å²) in [5.41, 5.74) is 1.12. The lowest BCUT2D eigenvalue weighted by molar-refractivity contribution is 0.102. The topological polar surface area (TPSA) is 42.0 Å². The summed E-state index contributed by atoms with van der Waals surface area (Å²) in [6.45, 7) is 1.70. The Bertz CT molecular complexity index is 647. The summed E-state index contributed by atoms with van der Waals surface area (Å²) < 4.78 is 13.3. The van der Waals surface area contributed by atoms with Crippen molar-refractivity contribution in [2.24, 2.45) is 0 Å². The monoisotopic (exact) mass is 298 g/mol. The lowest BCUT2D eigenvalue weighted by Crippen LogP contribution is -2.14. The highest BCUT2D eigenvalue weighted by Gasteiger charge is 2.14. The van der Waals surface area contributed by atoms with Crippen LogP contribution in [0.1, 0.15) is 16.1 Å². The van der Waals surface area contributed by atoms with E-state index in [9.17, 15) is 9.18 Å². The van der Waals surface area contributed by atoms with E-state index in [1.807, 2.05) is 0 Å². The number of carbonyl (C=O) groups excluding carboxylic acids is 1. The molecule has 1 aromatic heterocycles. The van der Waals surface area contributed by atoms with E-state index in [0.717, 1.165) is 0 Å². The fourth-order valence-electron chi connectivity index (χ4n) is 1.53. The Morgan fingerprint density at radius 3 is 2.68 bits per heavy atom. The maximum Gasteiger partial charge on any atom is 0.257 e. The molecule has 0 bridgehead atoms. The van der Waals surface area contributed by atoms with Gasteiger partial charge in [0.1, 0.15) is 11.0 Å². The van der Waals surface area contributed by atoms with Gasteiger partial charge in [0.05, 0.1) is 22.0 Å². The normalized spacial score (nSPS) is 10.3. The molecule has 1 heterocycles. The van der Waals surface area contributed by atoms with E-state index < -0.39 is 11.7 Å². The van der Waals surface area contributed by atoms with Crippen molar-refractivity contribution in [1.29, 1.82) is 0 Å². The van der Waals surface area contributed by atoms with Gasteiger partial charge in [-0.15, -0.1) is 0 Å². The fourth-order valence-corrected chi connectivity index (χ4v) is 1.93. The van der Waals surface area contributed by atoms with Gasteiger partial charge in [0.2, 0.25) is 0 Å². The number of anilines is 1. The zero-order valence-electron chi connectivity index (χ0n) is 9.88. The molecule has 3 nitrogen and oxygen atoms in total. The minimum absolute atomic E-state index is 0.0658. The maximum absolute atomic E-state index is 13.3. The summed E-state index contributed by atoms with van der Waals surface area (Å²) in [6, 6.07) is 7.23. The number of nitrogens with one attached hydrogen (secondary N) is 1. The Balaban J connectivity index is 2.28. The Labute approximate surface area is 119 Å². The zero-order valence-corrected chi connectivity index (χ0v) is 11.4. The van der Waals surface area contributed by atoms with Crippen LogP contribution < -0.4 is 5.32 Å². The molecule has 0 atom stereocenters. The molecule has 1 aromatic carbocycles. The third-order valence-electron chi connectivity index (χ3n) is 2.50. The number of benzene rings is 1. The van der Waals surface area contributed by atoms with E-state index >= 15 is 0 Å². The zero-order chi connectivity index (χ0) is 14.0. The molecule has 0 radical (unpaired) electrons. The van der Waals surface area contributed by atoms with Crippen molar-refractivity contribution in [3.63, 3.8) is 0 Å². The Kier molecular flexibility index (Phi) is 4.02. The minimum atomic E-state index is -0.639. The molecule has 0 aliphatic heterocycles. The molecule has 98 valence electrons. The largest absolute Gasteiger partial charge is 0.320 e. The first-order chi connectivity index (χ1) is 8.99. The van der Waals surface area contributed by atoms with Gasteiger partial charge in [-0.2, -0.15) is 0 Å². The standard InChI is InChI=1S/C13H9Cl2FN2O/c1-7-10(5-6-11(14)17-7)18-13(19)8-3-2-4-9(16)12(8)15/h2-6H,1H3,(H,18,19). The lowest BCUT2D eigenvalue weighted by atomic mass is 10.2. The summed E-state index contributed by atoms with van der Waals surface area (Å²) in [7, 11) is 0. The number of hydrogen-bond donors (Lipinski definition) is 1. The predicted octanol–water partition coefficient (Wildman–Crippen LogP) is 4.09. The fraction of sp³-hybridized carbons (Fsp3) is 0.0769. The van der Waals surface area contributed by atoms with Crippen molar-refractivity contribution in [1.82, 2.24) is 4.98 Å². The van der Waals surface area contributed by atoms with Crippen molar-refractivity contribution in [2.45, 2.75) is 6.92 Å². The number of amides is 1. The Morgan fingerprint density at radius 2 is 2.00 bits per heavy atom. The van der Waals surface area contributed by atoms with Crippen LogP contribution in [0, 0.1) is 12.7 Å². The van der Waals surface area contributed by atoms with E-state index in [-0.39, 0.29) is 10.6 Å². The predicted molar refractivity (Wildman–Crippen MR) is 73.3 cm³/mol. The quantitative estimate of drug-likeness (QED) is 0.849. The highest BCUT2D eigenvalue weighted by atomic mass is 35.5. The highest BCUT2D eigenvalue weighted by Crippen LogP contribution is 2.22. The van der Waals surface area contributed by atoms with Crippen molar-refractivity contribution < 1.29 is 9.18 Å². The number of halogens is 3. The number of pyridine rings is 1. The average molecular weight is 299 g/mol. The first kappa shape index (κ1) is 13.8. The van der Waals surface area contributed by atoms with Gasteiger partial charge < -0.3 is 5.32 Å². The molecule has 2 aromatic rings. The van der Waals surface area contributed by atoms with Crippen LogP contribution in [0.15, 0.2) is 30.3 Å². The molecule has 1 amide bonds. The average Bonchev–Trinajstić information content (AvgIpc) is 2.36. The van der Waals surface area contributed by atoms with Gasteiger partial charge in [0, 0.05) is 0 Å². The van der Waals surface area contributed by atoms with Crippen LogP contribution in [0.3, 0.4) is 0 Å². The number of hydrogen-bond acceptors (Lipinski definition) is 2. The van der Waals surface area contributed by atoms with E-state index in [1.165, 1.54) is 18.2 Å². The number of aryl methyl sites for hydroxylation is 1.